The highest BCUT2D eigenvalue weighted by atomic mass is 32.2. The summed E-state index contributed by atoms with van der Waals surface area (Å²) in [7, 11) is 1.56. The van der Waals surface area contributed by atoms with Gasteiger partial charge in [-0.1, -0.05) is 44.4 Å². The third-order valence-corrected chi connectivity index (χ3v) is 9.90. The molecular weight excluding hydrogens is 536 g/mol. The Hall–Kier alpha value is -3.38. The van der Waals surface area contributed by atoms with E-state index < -0.39 is 11.3 Å². The fourth-order valence-electron chi connectivity index (χ4n) is 6.35. The Morgan fingerprint density at radius 3 is 2.51 bits per heavy atom. The highest BCUT2D eigenvalue weighted by Crippen LogP contribution is 2.36. The molecule has 2 atom stereocenters. The van der Waals surface area contributed by atoms with Gasteiger partial charge < -0.3 is 9.64 Å². The average molecular weight is 575 g/mol. The molecule has 2 fully saturated rings. The molecular formula is C32H38N4O4S. The molecule has 1 aromatic heterocycles. The molecule has 1 aliphatic heterocycles. The highest BCUT2D eigenvalue weighted by Gasteiger charge is 2.47. The first-order valence-electron chi connectivity index (χ1n) is 14.9. The van der Waals surface area contributed by atoms with Crippen molar-refractivity contribution in [1.29, 1.82) is 5.26 Å². The van der Waals surface area contributed by atoms with E-state index in [9.17, 15) is 19.6 Å². The summed E-state index contributed by atoms with van der Waals surface area (Å²) in [4.78, 5) is 49.3. The van der Waals surface area contributed by atoms with Gasteiger partial charge >= 0.3 is 0 Å². The lowest BCUT2D eigenvalue weighted by Crippen LogP contribution is -2.53. The van der Waals surface area contributed by atoms with Crippen LogP contribution >= 0.6 is 11.8 Å². The lowest BCUT2D eigenvalue weighted by Gasteiger charge is -2.39. The number of fused-ring (bicyclic) bond motifs is 1. The highest BCUT2D eigenvalue weighted by molar-refractivity contribution is 8.00. The predicted molar refractivity (Wildman–Crippen MR) is 158 cm³/mol. The minimum atomic E-state index is -0.842. The summed E-state index contributed by atoms with van der Waals surface area (Å²) in [5.41, 5.74) is 3.15. The van der Waals surface area contributed by atoms with Crippen LogP contribution in [-0.2, 0) is 27.2 Å². The zero-order chi connectivity index (χ0) is 28.9. The van der Waals surface area contributed by atoms with Crippen LogP contribution in [0.25, 0.3) is 0 Å². The number of aryl methyl sites for hydroxylation is 2. The van der Waals surface area contributed by atoms with Crippen LogP contribution in [0.2, 0.25) is 0 Å². The molecule has 2 heterocycles. The molecule has 8 nitrogen and oxygen atoms in total. The molecule has 1 saturated heterocycles. The number of amides is 3. The summed E-state index contributed by atoms with van der Waals surface area (Å²) in [5, 5.41) is 10.0. The van der Waals surface area contributed by atoms with Gasteiger partial charge in [-0.25, -0.2) is 9.88 Å². The summed E-state index contributed by atoms with van der Waals surface area (Å²) in [6.45, 7) is 1.95. The molecule has 0 spiro atoms. The number of rotatable bonds is 8. The number of ether oxygens (including phenoxy) is 1. The molecule has 0 radical (unpaired) electrons. The molecule has 41 heavy (non-hydrogen) atoms. The number of hydrogen-bond donors (Lipinski definition) is 0. The Kier molecular flexibility index (Phi) is 9.29. The van der Waals surface area contributed by atoms with E-state index in [-0.39, 0.29) is 30.2 Å². The fraction of sp³-hybridized carbons (Fsp3) is 0.531. The normalized spacial score (nSPS) is 20.2. The molecule has 0 bridgehead atoms. The largest absolute Gasteiger partial charge is 0.497 e. The molecule has 2 unspecified atom stereocenters. The van der Waals surface area contributed by atoms with Crippen LogP contribution in [-0.4, -0.2) is 52.0 Å². The lowest BCUT2D eigenvalue weighted by molar-refractivity contribution is -0.141. The van der Waals surface area contributed by atoms with E-state index in [1.54, 1.807) is 36.3 Å². The third kappa shape index (κ3) is 6.13. The van der Waals surface area contributed by atoms with Gasteiger partial charge in [-0.3, -0.25) is 14.4 Å². The first-order chi connectivity index (χ1) is 19.9. The van der Waals surface area contributed by atoms with E-state index in [0.717, 1.165) is 75.5 Å². The zero-order valence-corrected chi connectivity index (χ0v) is 24.8. The van der Waals surface area contributed by atoms with Crippen LogP contribution in [0.5, 0.6) is 5.75 Å². The first kappa shape index (κ1) is 29.1. The van der Waals surface area contributed by atoms with Gasteiger partial charge in [0.25, 0.3) is 5.91 Å². The summed E-state index contributed by atoms with van der Waals surface area (Å²) < 4.78 is 5.23. The number of benzene rings is 1. The van der Waals surface area contributed by atoms with E-state index in [1.807, 2.05) is 13.0 Å². The van der Waals surface area contributed by atoms with Gasteiger partial charge in [-0.05, 0) is 80.8 Å². The van der Waals surface area contributed by atoms with Gasteiger partial charge in [0.2, 0.25) is 11.8 Å². The van der Waals surface area contributed by atoms with E-state index >= 15 is 0 Å². The number of thioether (sulfide) groups is 1. The van der Waals surface area contributed by atoms with Gasteiger partial charge in [0, 0.05) is 11.7 Å². The second-order valence-corrected chi connectivity index (χ2v) is 12.3. The smallest absolute Gasteiger partial charge is 0.257 e. The second-order valence-electron chi connectivity index (χ2n) is 11.2. The quantitative estimate of drug-likeness (QED) is 0.230. The van der Waals surface area contributed by atoms with Crippen molar-refractivity contribution in [3.8, 4) is 11.8 Å². The molecule has 3 aliphatic rings. The maximum absolute atomic E-state index is 14.4. The monoisotopic (exact) mass is 574 g/mol. The van der Waals surface area contributed by atoms with Crippen molar-refractivity contribution in [2.24, 2.45) is 0 Å². The van der Waals surface area contributed by atoms with E-state index in [0.29, 0.717) is 28.4 Å². The van der Waals surface area contributed by atoms with Crippen LogP contribution in [0.1, 0.15) is 88.0 Å². The van der Waals surface area contributed by atoms with Gasteiger partial charge in [0.15, 0.2) is 0 Å². The lowest BCUT2D eigenvalue weighted by atomic mass is 9.92. The zero-order valence-electron chi connectivity index (χ0n) is 23.9. The van der Waals surface area contributed by atoms with Crippen LogP contribution in [0.3, 0.4) is 0 Å². The molecule has 1 aromatic carbocycles. The number of nitrogens with zero attached hydrogens (tertiary/aromatic N) is 4. The van der Waals surface area contributed by atoms with E-state index in [1.165, 1.54) is 16.7 Å². The molecule has 2 aliphatic carbocycles. The molecule has 9 heteroatoms. The van der Waals surface area contributed by atoms with Crippen LogP contribution in [0.4, 0.5) is 5.69 Å². The fourth-order valence-corrected chi connectivity index (χ4v) is 7.41. The Balaban J connectivity index is 1.44. The molecule has 0 N–H and O–H groups in total. The van der Waals surface area contributed by atoms with Crippen molar-refractivity contribution in [3.63, 3.8) is 0 Å². The van der Waals surface area contributed by atoms with Crippen LogP contribution in [0, 0.1) is 11.3 Å². The summed E-state index contributed by atoms with van der Waals surface area (Å²) in [6.07, 6.45) is 10.3. The minimum Gasteiger partial charge on any atom is -0.497 e. The minimum absolute atomic E-state index is 0.0330. The summed E-state index contributed by atoms with van der Waals surface area (Å²) >= 11 is 1.33. The Labute approximate surface area is 246 Å². The standard InChI is InChI=1S/C32H38N4O4S/c1-3-28(41-30-22(20-33)18-21-10-6-4-9-13-26(21)34-30)32(39)35(23-11-7-5-8-12-23)27-19-29(37)36(31(27)38)24-14-16-25(40-2)17-15-24/h14-18,23,27-28H,3-13,19H2,1-2H3. The van der Waals surface area contributed by atoms with Crippen molar-refractivity contribution >= 4 is 35.2 Å². The number of carbonyl (C=O) groups excluding carboxylic acids is 3. The van der Waals surface area contributed by atoms with Crippen molar-refractivity contribution in [2.75, 3.05) is 12.0 Å². The Morgan fingerprint density at radius 2 is 1.83 bits per heavy atom. The van der Waals surface area contributed by atoms with Crippen molar-refractivity contribution in [3.05, 3.63) is 47.2 Å². The van der Waals surface area contributed by atoms with E-state index in [2.05, 4.69) is 6.07 Å². The number of aromatic nitrogens is 1. The first-order valence-corrected chi connectivity index (χ1v) is 15.8. The van der Waals surface area contributed by atoms with Gasteiger partial charge in [-0.15, -0.1) is 0 Å². The topological polar surface area (TPSA) is 104 Å². The van der Waals surface area contributed by atoms with Crippen molar-refractivity contribution < 1.29 is 19.1 Å². The van der Waals surface area contributed by atoms with E-state index in [4.69, 9.17) is 9.72 Å². The SMILES string of the molecule is CCC(Sc1nc2c(cc1C#N)CCCCC2)C(=O)N(C1CCCCC1)C1CC(=O)N(c2ccc(OC)cc2)C1=O. The maximum Gasteiger partial charge on any atom is 0.257 e. The second kappa shape index (κ2) is 13.1. The predicted octanol–water partition coefficient (Wildman–Crippen LogP) is 5.59. The summed E-state index contributed by atoms with van der Waals surface area (Å²) in [6, 6.07) is 10.2. The number of hydrogen-bond acceptors (Lipinski definition) is 7. The number of imide groups is 1. The number of anilines is 1. The third-order valence-electron chi connectivity index (χ3n) is 8.55. The molecule has 216 valence electrons. The molecule has 3 amide bonds. The average Bonchev–Trinajstić information content (AvgIpc) is 3.14. The number of carbonyl (C=O) groups is 3. The van der Waals surface area contributed by atoms with Gasteiger partial charge in [0.05, 0.1) is 30.0 Å². The molecule has 2 aromatic rings. The maximum atomic E-state index is 14.4. The Morgan fingerprint density at radius 1 is 1.12 bits per heavy atom. The molecule has 1 saturated carbocycles. The Bertz CT molecular complexity index is 1330. The van der Waals surface area contributed by atoms with Gasteiger partial charge in [0.1, 0.15) is 22.9 Å². The van der Waals surface area contributed by atoms with Crippen molar-refractivity contribution in [2.45, 2.75) is 106 Å². The van der Waals surface area contributed by atoms with Crippen LogP contribution < -0.4 is 9.64 Å². The van der Waals surface area contributed by atoms with Crippen molar-refractivity contribution in [1.82, 2.24) is 9.88 Å². The number of nitriles is 1. The number of methoxy groups -OCH3 is 1. The summed E-state index contributed by atoms with van der Waals surface area (Å²) in [5.74, 6) is -0.180. The van der Waals surface area contributed by atoms with Crippen LogP contribution in [0.15, 0.2) is 35.4 Å². The number of pyridine rings is 1. The van der Waals surface area contributed by atoms with Gasteiger partial charge in [-0.2, -0.15) is 5.26 Å². The molecule has 5 rings (SSSR count).